The number of aromatic nitrogens is 1. The van der Waals surface area contributed by atoms with Gasteiger partial charge in [0.05, 0.1) is 4.92 Å². The van der Waals surface area contributed by atoms with E-state index in [1.54, 1.807) is 19.1 Å². The van der Waals surface area contributed by atoms with Crippen LogP contribution in [0.5, 0.6) is 0 Å². The third kappa shape index (κ3) is 2.53. The monoisotopic (exact) mass is 310 g/mol. The molecule has 2 aromatic rings. The largest absolute Gasteiger partial charge is 0.270 e. The molecule has 1 aromatic carbocycles. The van der Waals surface area contributed by atoms with Gasteiger partial charge in [0, 0.05) is 23.4 Å². The summed E-state index contributed by atoms with van der Waals surface area (Å²) in [6.07, 6.45) is 0. The Morgan fingerprint density at radius 2 is 2.06 bits per heavy atom. The van der Waals surface area contributed by atoms with Crippen molar-refractivity contribution in [1.82, 2.24) is 4.98 Å². The van der Waals surface area contributed by atoms with Gasteiger partial charge >= 0.3 is 0 Å². The second-order valence-corrected chi connectivity index (χ2v) is 4.55. The van der Waals surface area contributed by atoms with E-state index >= 15 is 0 Å². The van der Waals surface area contributed by atoms with Crippen molar-refractivity contribution in [2.24, 2.45) is 0 Å². The number of hydrogen-bond donors (Lipinski definition) is 0. The second-order valence-electron chi connectivity index (χ2n) is 3.74. The molecule has 0 N–H and O–H groups in total. The lowest BCUT2D eigenvalue weighted by atomic mass is 10.0. The molecule has 0 atom stereocenters. The maximum Gasteiger partial charge on any atom is 0.270 e. The predicted molar refractivity (Wildman–Crippen MR) is 68.7 cm³/mol. The molecule has 0 spiro atoms. The van der Waals surface area contributed by atoms with E-state index in [1.165, 1.54) is 6.07 Å². The first-order valence-corrected chi connectivity index (χ1v) is 5.85. The van der Waals surface area contributed by atoms with Gasteiger partial charge in [-0.1, -0.05) is 0 Å². The fourth-order valence-electron chi connectivity index (χ4n) is 1.63. The van der Waals surface area contributed by atoms with E-state index in [0.29, 0.717) is 15.9 Å². The number of pyridine rings is 1. The van der Waals surface area contributed by atoms with E-state index in [1.807, 2.05) is 0 Å². The minimum absolute atomic E-state index is 0.142. The van der Waals surface area contributed by atoms with Crippen LogP contribution in [-0.4, -0.2) is 9.91 Å². The molecule has 0 radical (unpaired) electrons. The lowest BCUT2D eigenvalue weighted by Crippen LogP contribution is -1.92. The standard InChI is InChI=1S/C12H8BrFN2O2/c1-7-4-8(5-12(13)15-7)10-6-9(16(17)18)2-3-11(10)14/h2-6H,1H3. The first-order chi connectivity index (χ1) is 8.47. The fourth-order valence-corrected chi connectivity index (χ4v) is 2.16. The zero-order chi connectivity index (χ0) is 13.3. The van der Waals surface area contributed by atoms with Gasteiger partial charge in [-0.25, -0.2) is 9.37 Å². The third-order valence-corrected chi connectivity index (χ3v) is 2.80. The highest BCUT2D eigenvalue weighted by Gasteiger charge is 2.13. The Balaban J connectivity index is 2.62. The first-order valence-electron chi connectivity index (χ1n) is 5.06. The summed E-state index contributed by atoms with van der Waals surface area (Å²) in [6.45, 7) is 1.77. The van der Waals surface area contributed by atoms with Crippen LogP contribution in [0.2, 0.25) is 0 Å². The van der Waals surface area contributed by atoms with E-state index in [0.717, 1.165) is 12.1 Å². The van der Waals surface area contributed by atoms with Crippen molar-refractivity contribution in [3.05, 3.63) is 56.6 Å². The summed E-state index contributed by atoms with van der Waals surface area (Å²) < 4.78 is 14.3. The molecule has 0 unspecified atom stereocenters. The molecule has 0 amide bonds. The van der Waals surface area contributed by atoms with Crippen molar-refractivity contribution in [2.45, 2.75) is 6.92 Å². The quantitative estimate of drug-likeness (QED) is 0.480. The number of aryl methyl sites for hydroxylation is 1. The van der Waals surface area contributed by atoms with E-state index in [-0.39, 0.29) is 11.3 Å². The summed E-state index contributed by atoms with van der Waals surface area (Å²) in [5.41, 5.74) is 1.30. The molecule has 1 aromatic heterocycles. The Hall–Kier alpha value is -1.82. The molecule has 0 fully saturated rings. The smallest absolute Gasteiger partial charge is 0.258 e. The van der Waals surface area contributed by atoms with Gasteiger partial charge in [0.2, 0.25) is 0 Å². The molecule has 0 bridgehead atoms. The lowest BCUT2D eigenvalue weighted by Gasteiger charge is -2.05. The zero-order valence-corrected chi connectivity index (χ0v) is 10.9. The van der Waals surface area contributed by atoms with Crippen molar-refractivity contribution >= 4 is 21.6 Å². The molecule has 0 aliphatic rings. The summed E-state index contributed by atoms with van der Waals surface area (Å²) >= 11 is 3.21. The van der Waals surface area contributed by atoms with E-state index in [4.69, 9.17) is 0 Å². The minimum Gasteiger partial charge on any atom is -0.258 e. The van der Waals surface area contributed by atoms with E-state index in [2.05, 4.69) is 20.9 Å². The van der Waals surface area contributed by atoms with Crippen molar-refractivity contribution < 1.29 is 9.31 Å². The van der Waals surface area contributed by atoms with Crippen molar-refractivity contribution in [3.63, 3.8) is 0 Å². The van der Waals surface area contributed by atoms with Crippen LogP contribution in [0.1, 0.15) is 5.69 Å². The summed E-state index contributed by atoms with van der Waals surface area (Å²) in [5.74, 6) is -0.502. The zero-order valence-electron chi connectivity index (χ0n) is 9.35. The van der Waals surface area contributed by atoms with Crippen molar-refractivity contribution in [3.8, 4) is 11.1 Å². The second kappa shape index (κ2) is 4.81. The summed E-state index contributed by atoms with van der Waals surface area (Å²) in [5, 5.41) is 10.7. The molecular formula is C12H8BrFN2O2. The van der Waals surface area contributed by atoms with Gasteiger partial charge < -0.3 is 0 Å². The third-order valence-electron chi connectivity index (χ3n) is 2.39. The van der Waals surface area contributed by atoms with Gasteiger partial charge in [0.15, 0.2) is 0 Å². The van der Waals surface area contributed by atoms with Crippen LogP contribution in [-0.2, 0) is 0 Å². The molecule has 4 nitrogen and oxygen atoms in total. The normalized spacial score (nSPS) is 10.4. The summed E-state index contributed by atoms with van der Waals surface area (Å²) in [6, 6.07) is 6.75. The number of nitro benzene ring substituents is 1. The van der Waals surface area contributed by atoms with Crippen LogP contribution in [0, 0.1) is 22.9 Å². The molecule has 6 heteroatoms. The highest BCUT2D eigenvalue weighted by Crippen LogP contribution is 2.28. The van der Waals surface area contributed by atoms with Gasteiger partial charge in [0.25, 0.3) is 5.69 Å². The molecule has 1 heterocycles. The number of nitrogens with zero attached hydrogens (tertiary/aromatic N) is 2. The van der Waals surface area contributed by atoms with E-state index < -0.39 is 10.7 Å². The predicted octanol–water partition coefficient (Wildman–Crippen LogP) is 3.87. The Kier molecular flexibility index (Phi) is 3.38. The molecule has 0 saturated heterocycles. The van der Waals surface area contributed by atoms with Gasteiger partial charge in [-0.05, 0) is 46.6 Å². The number of benzene rings is 1. The first kappa shape index (κ1) is 12.6. The molecule has 18 heavy (non-hydrogen) atoms. The van der Waals surface area contributed by atoms with Gasteiger partial charge in [0.1, 0.15) is 10.4 Å². The summed E-state index contributed by atoms with van der Waals surface area (Å²) in [4.78, 5) is 14.2. The average molecular weight is 311 g/mol. The van der Waals surface area contributed by atoms with Gasteiger partial charge in [-0.2, -0.15) is 0 Å². The topological polar surface area (TPSA) is 56.0 Å². The van der Waals surface area contributed by atoms with Crippen LogP contribution in [0.3, 0.4) is 0 Å². The highest BCUT2D eigenvalue weighted by atomic mass is 79.9. The van der Waals surface area contributed by atoms with Crippen LogP contribution in [0.25, 0.3) is 11.1 Å². The fraction of sp³-hybridized carbons (Fsp3) is 0.0833. The Labute approximate surface area is 111 Å². The highest BCUT2D eigenvalue weighted by molar-refractivity contribution is 9.10. The molecule has 0 aliphatic carbocycles. The molecule has 0 aliphatic heterocycles. The van der Waals surface area contributed by atoms with Crippen LogP contribution in [0.4, 0.5) is 10.1 Å². The van der Waals surface area contributed by atoms with Crippen molar-refractivity contribution in [1.29, 1.82) is 0 Å². The summed E-state index contributed by atoms with van der Waals surface area (Å²) in [7, 11) is 0. The minimum atomic E-state index is -0.550. The number of non-ortho nitro benzene ring substituents is 1. The molecule has 92 valence electrons. The number of nitro groups is 1. The number of halogens is 2. The Morgan fingerprint density at radius 1 is 1.33 bits per heavy atom. The average Bonchev–Trinajstić information content (AvgIpc) is 2.27. The number of rotatable bonds is 2. The maximum atomic E-state index is 13.7. The molecule has 2 rings (SSSR count). The van der Waals surface area contributed by atoms with E-state index in [9.17, 15) is 14.5 Å². The lowest BCUT2D eigenvalue weighted by molar-refractivity contribution is -0.384. The van der Waals surface area contributed by atoms with Crippen LogP contribution >= 0.6 is 15.9 Å². The number of hydrogen-bond acceptors (Lipinski definition) is 3. The maximum absolute atomic E-state index is 13.7. The van der Waals surface area contributed by atoms with Gasteiger partial charge in [-0.3, -0.25) is 10.1 Å². The molecular weight excluding hydrogens is 303 g/mol. The van der Waals surface area contributed by atoms with Crippen LogP contribution in [0.15, 0.2) is 34.9 Å². The van der Waals surface area contributed by atoms with Crippen molar-refractivity contribution in [2.75, 3.05) is 0 Å². The van der Waals surface area contributed by atoms with Crippen LogP contribution < -0.4 is 0 Å². The Morgan fingerprint density at radius 3 is 2.67 bits per heavy atom. The SMILES string of the molecule is Cc1cc(-c2cc([N+](=O)[O-])ccc2F)cc(Br)n1. The van der Waals surface area contributed by atoms with Gasteiger partial charge in [-0.15, -0.1) is 0 Å². The Bertz CT molecular complexity index is 611. The molecule has 0 saturated carbocycles.